The largest absolute Gasteiger partial charge is 0.414 e. The molecule has 0 aromatic carbocycles. The van der Waals surface area contributed by atoms with Crippen LogP contribution in [-0.4, -0.2) is 78.6 Å². The summed E-state index contributed by atoms with van der Waals surface area (Å²) in [5, 5.41) is 22.3. The molecule has 8 nitrogen and oxygen atoms in total. The van der Waals surface area contributed by atoms with Gasteiger partial charge in [-0.1, -0.05) is 0 Å². The number of aliphatic hydroxyl groups is 2. The van der Waals surface area contributed by atoms with Crippen LogP contribution in [0.4, 0.5) is 17.6 Å². The van der Waals surface area contributed by atoms with Crippen LogP contribution in [0.5, 0.6) is 0 Å². The minimum Gasteiger partial charge on any atom is -0.391 e. The van der Waals surface area contributed by atoms with E-state index in [1.165, 1.54) is 0 Å². The topological polar surface area (TPSA) is 119 Å². The third kappa shape index (κ3) is 4.84. The van der Waals surface area contributed by atoms with Crippen molar-refractivity contribution >= 4 is 16.1 Å². The molecule has 0 aromatic heterocycles. The number of alkyl halides is 4. The summed E-state index contributed by atoms with van der Waals surface area (Å²) in [6, 6.07) is -1.66. The molecule has 1 amide bonds. The highest BCUT2D eigenvalue weighted by Gasteiger charge is 2.53. The van der Waals surface area contributed by atoms with Gasteiger partial charge in [0.2, 0.25) is 5.91 Å². The molecule has 2 saturated carbocycles. The van der Waals surface area contributed by atoms with Gasteiger partial charge in [0.05, 0.1) is 18.7 Å². The predicted octanol–water partition coefficient (Wildman–Crippen LogP) is -0.178. The second-order valence-electron chi connectivity index (χ2n) is 8.05. The number of nitrogens with zero attached hydrogens (tertiary/aromatic N) is 1. The van der Waals surface area contributed by atoms with E-state index in [2.05, 4.69) is 5.32 Å². The highest BCUT2D eigenvalue weighted by Crippen LogP contribution is 2.44. The first-order valence-electron chi connectivity index (χ1n) is 9.53. The van der Waals surface area contributed by atoms with Crippen molar-refractivity contribution in [2.45, 2.75) is 68.7 Å². The van der Waals surface area contributed by atoms with E-state index in [9.17, 15) is 31.5 Å². The van der Waals surface area contributed by atoms with E-state index < -0.39 is 65.6 Å². The van der Waals surface area contributed by atoms with Crippen molar-refractivity contribution in [1.82, 2.24) is 14.3 Å². The number of amides is 1. The van der Waals surface area contributed by atoms with Gasteiger partial charge in [-0.3, -0.25) is 4.79 Å². The lowest BCUT2D eigenvalue weighted by atomic mass is 9.66. The lowest BCUT2D eigenvalue weighted by Crippen LogP contribution is -2.59. The molecule has 0 bridgehead atoms. The molecule has 7 atom stereocenters. The van der Waals surface area contributed by atoms with E-state index in [0.29, 0.717) is 17.1 Å². The van der Waals surface area contributed by atoms with Crippen LogP contribution in [0, 0.1) is 11.8 Å². The minimum absolute atomic E-state index is 0.0926. The average molecular weight is 447 g/mol. The van der Waals surface area contributed by atoms with Crippen molar-refractivity contribution in [2.75, 3.05) is 13.1 Å². The minimum atomic E-state index is -4.69. The molecule has 7 unspecified atom stereocenters. The Morgan fingerprint density at radius 1 is 1.28 bits per heavy atom. The van der Waals surface area contributed by atoms with Gasteiger partial charge in [-0.15, -0.1) is 0 Å². The first-order chi connectivity index (χ1) is 13.4. The maximum absolute atomic E-state index is 15.3. The molecule has 1 saturated heterocycles. The van der Waals surface area contributed by atoms with Crippen molar-refractivity contribution in [3.63, 3.8) is 0 Å². The molecular weight excluding hydrogens is 422 g/mol. The van der Waals surface area contributed by atoms with Gasteiger partial charge in [0.15, 0.2) is 6.10 Å². The van der Waals surface area contributed by atoms with Gasteiger partial charge in [-0.05, 0) is 50.5 Å². The highest BCUT2D eigenvalue weighted by atomic mass is 32.2. The summed E-state index contributed by atoms with van der Waals surface area (Å²) in [5.41, 5.74) is 0. The lowest BCUT2D eigenvalue weighted by molar-refractivity contribution is -0.205. The molecule has 0 radical (unpaired) electrons. The number of hydrogen-bond acceptors (Lipinski definition) is 6. The maximum Gasteiger partial charge on any atom is 0.414 e. The molecule has 29 heavy (non-hydrogen) atoms. The van der Waals surface area contributed by atoms with Crippen LogP contribution in [0.1, 0.15) is 32.1 Å². The summed E-state index contributed by atoms with van der Waals surface area (Å²) in [6.07, 6.45) is -9.02. The monoisotopic (exact) mass is 447 g/mol. The van der Waals surface area contributed by atoms with Crippen LogP contribution in [-0.2, 0) is 15.0 Å². The Kier molecular flexibility index (Phi) is 6.45. The quantitative estimate of drug-likeness (QED) is 0.435. The van der Waals surface area contributed by atoms with E-state index >= 15 is 4.39 Å². The van der Waals surface area contributed by atoms with Crippen LogP contribution in [0.15, 0.2) is 0 Å². The second-order valence-corrected chi connectivity index (χ2v) is 9.67. The van der Waals surface area contributed by atoms with Crippen molar-refractivity contribution < 1.29 is 41.0 Å². The standard InChI is InChI=1S/C16H25F4N3O5S/c17-14-10-6-9(21-4-3-12(25)16(18,19)20)2-1-8(10)5-11(24)15(14)23-7-13(26)22-29(23,27)28/h8-12,14-15,21,24-25H,1-7H2,(H,22,26). The smallest absolute Gasteiger partial charge is 0.391 e. The summed E-state index contributed by atoms with van der Waals surface area (Å²) in [7, 11) is -4.21. The third-order valence-electron chi connectivity index (χ3n) is 6.13. The fraction of sp³-hybridized carbons (Fsp3) is 0.938. The fourth-order valence-corrected chi connectivity index (χ4v) is 6.05. The van der Waals surface area contributed by atoms with Crippen LogP contribution >= 0.6 is 0 Å². The zero-order valence-corrected chi connectivity index (χ0v) is 16.3. The molecule has 168 valence electrons. The van der Waals surface area contributed by atoms with Gasteiger partial charge >= 0.3 is 16.4 Å². The number of hydrogen-bond donors (Lipinski definition) is 4. The normalized spacial score (nSPS) is 39.0. The Balaban J connectivity index is 1.62. The van der Waals surface area contributed by atoms with E-state index in [1.807, 2.05) is 0 Å². The van der Waals surface area contributed by atoms with Crippen LogP contribution in [0.25, 0.3) is 0 Å². The molecule has 0 aromatic rings. The Labute approximate surface area is 165 Å². The number of nitrogens with one attached hydrogen (secondary N) is 2. The molecule has 3 aliphatic rings. The van der Waals surface area contributed by atoms with E-state index in [0.717, 1.165) is 0 Å². The Morgan fingerprint density at radius 2 is 1.97 bits per heavy atom. The van der Waals surface area contributed by atoms with Crippen molar-refractivity contribution in [2.24, 2.45) is 11.8 Å². The van der Waals surface area contributed by atoms with E-state index in [1.54, 1.807) is 4.72 Å². The molecule has 3 fully saturated rings. The molecular formula is C16H25F4N3O5S. The van der Waals surface area contributed by atoms with Gasteiger partial charge < -0.3 is 15.5 Å². The molecule has 2 aliphatic carbocycles. The van der Waals surface area contributed by atoms with E-state index in [-0.39, 0.29) is 31.3 Å². The summed E-state index contributed by atoms with van der Waals surface area (Å²) in [4.78, 5) is 11.5. The Morgan fingerprint density at radius 3 is 2.55 bits per heavy atom. The number of carbonyl (C=O) groups excluding carboxylic acids is 1. The molecule has 3 rings (SSSR count). The molecule has 0 spiro atoms. The zero-order valence-electron chi connectivity index (χ0n) is 15.5. The number of aliphatic hydroxyl groups excluding tert-OH is 2. The Hall–Kier alpha value is -1.02. The molecule has 4 N–H and O–H groups in total. The number of halogens is 4. The predicted molar refractivity (Wildman–Crippen MR) is 92.4 cm³/mol. The van der Waals surface area contributed by atoms with Crippen molar-refractivity contribution in [3.05, 3.63) is 0 Å². The number of carbonyl (C=O) groups is 1. The number of fused-ring (bicyclic) bond motifs is 1. The summed E-state index contributed by atoms with van der Waals surface area (Å²) in [5.74, 6) is -1.56. The van der Waals surface area contributed by atoms with Gasteiger partial charge in [0.1, 0.15) is 6.17 Å². The van der Waals surface area contributed by atoms with Gasteiger partial charge in [-0.25, -0.2) is 9.11 Å². The van der Waals surface area contributed by atoms with Gasteiger partial charge in [0.25, 0.3) is 0 Å². The van der Waals surface area contributed by atoms with Crippen molar-refractivity contribution in [1.29, 1.82) is 0 Å². The summed E-state index contributed by atoms with van der Waals surface area (Å²) in [6.45, 7) is -0.649. The first kappa shape index (κ1) is 22.7. The van der Waals surface area contributed by atoms with Gasteiger partial charge in [0, 0.05) is 6.04 Å². The SMILES string of the molecule is O=C1CN(C2C(O)CC3CCC(NCCC(O)C(F)(F)F)CC3C2F)S(=O)(=O)N1. The summed E-state index contributed by atoms with van der Waals surface area (Å²) < 4.78 is 79.0. The number of rotatable bonds is 5. The van der Waals surface area contributed by atoms with Crippen molar-refractivity contribution in [3.8, 4) is 0 Å². The maximum atomic E-state index is 15.3. The van der Waals surface area contributed by atoms with Gasteiger partial charge in [-0.2, -0.15) is 25.9 Å². The zero-order chi connectivity index (χ0) is 21.6. The summed E-state index contributed by atoms with van der Waals surface area (Å²) >= 11 is 0. The van der Waals surface area contributed by atoms with Crippen LogP contribution in [0.3, 0.4) is 0 Å². The lowest BCUT2D eigenvalue weighted by Gasteiger charge is -2.48. The van der Waals surface area contributed by atoms with Crippen LogP contribution < -0.4 is 10.0 Å². The molecule has 1 aliphatic heterocycles. The highest BCUT2D eigenvalue weighted by molar-refractivity contribution is 7.88. The molecule has 1 heterocycles. The Bertz CT molecular complexity index is 722. The first-order valence-corrected chi connectivity index (χ1v) is 11.0. The van der Waals surface area contributed by atoms with Crippen LogP contribution in [0.2, 0.25) is 0 Å². The second kappa shape index (κ2) is 8.25. The average Bonchev–Trinajstić information content (AvgIpc) is 2.86. The van der Waals surface area contributed by atoms with E-state index in [4.69, 9.17) is 5.11 Å². The third-order valence-corrected chi connectivity index (χ3v) is 7.61. The molecule has 13 heteroatoms. The fourth-order valence-electron chi connectivity index (χ4n) is 4.72.